The molecule has 0 aromatic heterocycles. The van der Waals surface area contributed by atoms with E-state index in [0.717, 1.165) is 5.92 Å². The fourth-order valence-corrected chi connectivity index (χ4v) is 1.64. The zero-order valence-corrected chi connectivity index (χ0v) is 5.41. The van der Waals surface area contributed by atoms with Gasteiger partial charge in [0.25, 0.3) is 0 Å². The van der Waals surface area contributed by atoms with Crippen molar-refractivity contribution in [3.8, 4) is 0 Å². The first-order valence-electron chi connectivity index (χ1n) is 3.56. The number of allylic oxidation sites excluding steroid dienone is 2. The number of hydrogen-bond acceptors (Lipinski definition) is 0. The summed E-state index contributed by atoms with van der Waals surface area (Å²) in [5.74, 6) is 0.997. The van der Waals surface area contributed by atoms with Crippen LogP contribution in [-0.4, -0.2) is 0 Å². The maximum atomic E-state index is 2.36. The van der Waals surface area contributed by atoms with Gasteiger partial charge >= 0.3 is 0 Å². The van der Waals surface area contributed by atoms with Crippen molar-refractivity contribution in [3.63, 3.8) is 0 Å². The highest BCUT2D eigenvalue weighted by molar-refractivity contribution is 5.36. The summed E-state index contributed by atoms with van der Waals surface area (Å²) in [4.78, 5) is 0. The van der Waals surface area contributed by atoms with E-state index in [1.165, 1.54) is 25.7 Å². The molecule has 0 fully saturated rings. The summed E-state index contributed by atoms with van der Waals surface area (Å²) >= 11 is 0. The van der Waals surface area contributed by atoms with Gasteiger partial charge in [0, 0.05) is 0 Å². The molecule has 0 spiro atoms. The molecule has 0 saturated carbocycles. The van der Waals surface area contributed by atoms with Crippen LogP contribution in [0.2, 0.25) is 0 Å². The van der Waals surface area contributed by atoms with Crippen LogP contribution >= 0.6 is 0 Å². The van der Waals surface area contributed by atoms with E-state index < -0.39 is 0 Å². The highest BCUT2D eigenvalue weighted by atomic mass is 14.3. The van der Waals surface area contributed by atoms with E-state index in [0.29, 0.717) is 0 Å². The van der Waals surface area contributed by atoms with Crippen molar-refractivity contribution in [2.24, 2.45) is 5.92 Å². The van der Waals surface area contributed by atoms with Crippen molar-refractivity contribution in [1.82, 2.24) is 0 Å². The van der Waals surface area contributed by atoms with Crippen LogP contribution in [0.4, 0.5) is 0 Å². The fourth-order valence-electron chi connectivity index (χ4n) is 1.64. The van der Waals surface area contributed by atoms with Crippen molar-refractivity contribution in [2.45, 2.75) is 32.6 Å². The molecule has 0 amide bonds. The molecule has 1 atom stereocenters. The van der Waals surface area contributed by atoms with Gasteiger partial charge < -0.3 is 0 Å². The van der Waals surface area contributed by atoms with Gasteiger partial charge in [-0.25, -0.2) is 0 Å². The predicted molar refractivity (Wildman–Crippen MR) is 34.7 cm³/mol. The first-order chi connectivity index (χ1) is 3.86. The molecule has 1 unspecified atom stereocenters. The van der Waals surface area contributed by atoms with E-state index >= 15 is 0 Å². The minimum absolute atomic E-state index is 0.997. The summed E-state index contributed by atoms with van der Waals surface area (Å²) in [5.41, 5.74) is 3.59. The van der Waals surface area contributed by atoms with E-state index in [1.54, 1.807) is 11.1 Å². The predicted octanol–water partition coefficient (Wildman–Crippen LogP) is 2.51. The Kier molecular flexibility index (Phi) is 0.787. The first-order valence-corrected chi connectivity index (χ1v) is 3.56. The molecule has 0 bridgehead atoms. The van der Waals surface area contributed by atoms with Crippen LogP contribution in [0.15, 0.2) is 11.1 Å². The van der Waals surface area contributed by atoms with E-state index in [-0.39, 0.29) is 0 Å². The molecule has 2 rings (SSSR count). The summed E-state index contributed by atoms with van der Waals surface area (Å²) in [5, 5.41) is 0. The van der Waals surface area contributed by atoms with Crippen LogP contribution in [0.25, 0.3) is 0 Å². The molecular formula is C8H12. The lowest BCUT2D eigenvalue weighted by molar-refractivity contribution is 0.526. The summed E-state index contributed by atoms with van der Waals surface area (Å²) < 4.78 is 0. The molecular weight excluding hydrogens is 96.1 g/mol. The van der Waals surface area contributed by atoms with Crippen LogP contribution in [0.1, 0.15) is 32.6 Å². The van der Waals surface area contributed by atoms with Gasteiger partial charge in [0.15, 0.2) is 0 Å². The molecule has 2 aliphatic carbocycles. The molecule has 0 N–H and O–H groups in total. The first kappa shape index (κ1) is 4.60. The Balaban J connectivity index is 2.09. The fraction of sp³-hybridized carbons (Fsp3) is 0.750. The van der Waals surface area contributed by atoms with Gasteiger partial charge in [0.1, 0.15) is 0 Å². The normalized spacial score (nSPS) is 34.9. The minimum atomic E-state index is 0.997. The molecule has 0 aromatic rings. The van der Waals surface area contributed by atoms with Crippen LogP contribution < -0.4 is 0 Å². The Bertz CT molecular complexity index is 142. The number of hydrogen-bond donors (Lipinski definition) is 0. The zero-order valence-electron chi connectivity index (χ0n) is 5.41. The average Bonchev–Trinajstić information content (AvgIpc) is 2.43. The molecule has 0 radical (unpaired) electrons. The number of rotatable bonds is 0. The second-order valence-electron chi connectivity index (χ2n) is 3.23. The van der Waals surface area contributed by atoms with Gasteiger partial charge in [0.2, 0.25) is 0 Å². The quantitative estimate of drug-likeness (QED) is 0.418. The van der Waals surface area contributed by atoms with Crippen molar-refractivity contribution in [3.05, 3.63) is 11.1 Å². The maximum Gasteiger partial charge on any atom is -0.0103 e. The Labute approximate surface area is 50.6 Å². The van der Waals surface area contributed by atoms with Crippen LogP contribution in [0, 0.1) is 5.92 Å². The SMILES string of the molecule is CC1CCC2=C(C2)C1. The van der Waals surface area contributed by atoms with Gasteiger partial charge in [-0.3, -0.25) is 0 Å². The molecule has 0 aromatic carbocycles. The minimum Gasteiger partial charge on any atom is -0.0666 e. The van der Waals surface area contributed by atoms with Gasteiger partial charge in [-0.1, -0.05) is 18.1 Å². The van der Waals surface area contributed by atoms with Gasteiger partial charge in [0.05, 0.1) is 0 Å². The summed E-state index contributed by atoms with van der Waals surface area (Å²) in [6.07, 6.45) is 5.72. The molecule has 0 nitrogen and oxygen atoms in total. The summed E-state index contributed by atoms with van der Waals surface area (Å²) in [6.45, 7) is 2.36. The lowest BCUT2D eigenvalue weighted by Crippen LogP contribution is -1.94. The Morgan fingerprint density at radius 3 is 2.88 bits per heavy atom. The third-order valence-electron chi connectivity index (χ3n) is 2.34. The van der Waals surface area contributed by atoms with Crippen molar-refractivity contribution < 1.29 is 0 Å². The van der Waals surface area contributed by atoms with Crippen LogP contribution in [0.5, 0.6) is 0 Å². The Morgan fingerprint density at radius 2 is 2.25 bits per heavy atom. The van der Waals surface area contributed by atoms with Crippen molar-refractivity contribution in [1.29, 1.82) is 0 Å². The van der Waals surface area contributed by atoms with Crippen LogP contribution in [-0.2, 0) is 0 Å². The maximum absolute atomic E-state index is 2.36. The van der Waals surface area contributed by atoms with E-state index in [2.05, 4.69) is 6.92 Å². The second kappa shape index (κ2) is 1.37. The van der Waals surface area contributed by atoms with Crippen LogP contribution in [0.3, 0.4) is 0 Å². The molecule has 0 saturated heterocycles. The highest BCUT2D eigenvalue weighted by Gasteiger charge is 2.26. The van der Waals surface area contributed by atoms with E-state index in [4.69, 9.17) is 0 Å². The molecule has 0 heteroatoms. The monoisotopic (exact) mass is 108 g/mol. The molecule has 8 heavy (non-hydrogen) atoms. The second-order valence-corrected chi connectivity index (χ2v) is 3.23. The molecule has 2 aliphatic rings. The van der Waals surface area contributed by atoms with Gasteiger partial charge in [-0.05, 0) is 31.6 Å². The zero-order chi connectivity index (χ0) is 5.56. The lowest BCUT2D eigenvalue weighted by atomic mass is 9.97. The Morgan fingerprint density at radius 1 is 1.38 bits per heavy atom. The van der Waals surface area contributed by atoms with Crippen molar-refractivity contribution in [2.75, 3.05) is 0 Å². The van der Waals surface area contributed by atoms with E-state index in [9.17, 15) is 0 Å². The largest absolute Gasteiger partial charge is 0.0666 e. The smallest absolute Gasteiger partial charge is 0.0103 e. The third kappa shape index (κ3) is 0.594. The summed E-state index contributed by atoms with van der Waals surface area (Å²) in [6, 6.07) is 0. The molecule has 0 aliphatic heterocycles. The topological polar surface area (TPSA) is 0 Å². The molecule has 0 heterocycles. The summed E-state index contributed by atoms with van der Waals surface area (Å²) in [7, 11) is 0. The van der Waals surface area contributed by atoms with Gasteiger partial charge in [-0.15, -0.1) is 0 Å². The highest BCUT2D eigenvalue weighted by Crippen LogP contribution is 2.44. The Hall–Kier alpha value is -0.260. The van der Waals surface area contributed by atoms with Crippen molar-refractivity contribution >= 4 is 0 Å². The van der Waals surface area contributed by atoms with E-state index in [1.807, 2.05) is 0 Å². The lowest BCUT2D eigenvalue weighted by Gasteiger charge is -2.09. The molecule has 44 valence electrons. The standard InChI is InChI=1S/C8H12/c1-6-2-3-7-5-8(7)4-6/h6H,2-5H2,1H3. The average molecular weight is 108 g/mol. The third-order valence-corrected chi connectivity index (χ3v) is 2.34. The van der Waals surface area contributed by atoms with Gasteiger partial charge in [-0.2, -0.15) is 0 Å².